The SMILES string of the molecule is COC(=O)C[C@H](N)c1cc(F)c(F)cc1Br. The van der Waals surface area contributed by atoms with Gasteiger partial charge in [0.15, 0.2) is 11.6 Å². The number of hydrogen-bond acceptors (Lipinski definition) is 3. The molecule has 0 bridgehead atoms. The summed E-state index contributed by atoms with van der Waals surface area (Å²) in [4.78, 5) is 11.0. The summed E-state index contributed by atoms with van der Waals surface area (Å²) < 4.78 is 30.5. The number of methoxy groups -OCH3 is 1. The molecule has 88 valence electrons. The lowest BCUT2D eigenvalue weighted by atomic mass is 10.0. The number of halogens is 3. The molecule has 16 heavy (non-hydrogen) atoms. The van der Waals surface area contributed by atoms with Crippen LogP contribution in [0.3, 0.4) is 0 Å². The van der Waals surface area contributed by atoms with Crippen molar-refractivity contribution in [2.75, 3.05) is 7.11 Å². The molecular weight excluding hydrogens is 284 g/mol. The molecule has 0 spiro atoms. The molecule has 0 unspecified atom stereocenters. The van der Waals surface area contributed by atoms with Gasteiger partial charge in [-0.2, -0.15) is 0 Å². The van der Waals surface area contributed by atoms with Gasteiger partial charge in [-0.1, -0.05) is 15.9 Å². The van der Waals surface area contributed by atoms with Crippen LogP contribution in [0.4, 0.5) is 8.78 Å². The zero-order chi connectivity index (χ0) is 12.3. The summed E-state index contributed by atoms with van der Waals surface area (Å²) in [6, 6.07) is 1.20. The Kier molecular flexibility index (Phi) is 4.37. The Morgan fingerprint density at radius 1 is 1.50 bits per heavy atom. The van der Waals surface area contributed by atoms with Gasteiger partial charge < -0.3 is 10.5 Å². The minimum atomic E-state index is -1.00. The summed E-state index contributed by atoms with van der Waals surface area (Å²) in [7, 11) is 1.23. The Balaban J connectivity index is 2.95. The molecule has 0 saturated carbocycles. The monoisotopic (exact) mass is 293 g/mol. The van der Waals surface area contributed by atoms with E-state index in [4.69, 9.17) is 5.73 Å². The third kappa shape index (κ3) is 2.99. The van der Waals surface area contributed by atoms with Crippen LogP contribution >= 0.6 is 15.9 Å². The lowest BCUT2D eigenvalue weighted by molar-refractivity contribution is -0.141. The Hall–Kier alpha value is -1.01. The average molecular weight is 294 g/mol. The molecule has 1 aromatic carbocycles. The molecule has 0 radical (unpaired) electrons. The van der Waals surface area contributed by atoms with E-state index in [2.05, 4.69) is 20.7 Å². The van der Waals surface area contributed by atoms with Gasteiger partial charge in [-0.25, -0.2) is 8.78 Å². The number of rotatable bonds is 3. The van der Waals surface area contributed by atoms with E-state index in [-0.39, 0.29) is 6.42 Å². The third-order valence-corrected chi connectivity index (χ3v) is 2.74. The zero-order valence-corrected chi connectivity index (χ0v) is 10.1. The summed E-state index contributed by atoms with van der Waals surface area (Å²) in [6.45, 7) is 0. The smallest absolute Gasteiger partial charge is 0.307 e. The molecule has 3 nitrogen and oxygen atoms in total. The number of hydrogen-bond donors (Lipinski definition) is 1. The number of nitrogens with two attached hydrogens (primary N) is 1. The van der Waals surface area contributed by atoms with Crippen LogP contribution in [0.5, 0.6) is 0 Å². The molecule has 2 N–H and O–H groups in total. The van der Waals surface area contributed by atoms with Crippen molar-refractivity contribution in [1.29, 1.82) is 0 Å². The molecule has 0 aliphatic rings. The molecule has 0 heterocycles. The van der Waals surface area contributed by atoms with Crippen LogP contribution in [0.2, 0.25) is 0 Å². The average Bonchev–Trinajstić information content (AvgIpc) is 2.23. The van der Waals surface area contributed by atoms with Crippen molar-refractivity contribution in [2.24, 2.45) is 5.73 Å². The molecular formula is C10H10BrF2NO2. The summed E-state index contributed by atoms with van der Waals surface area (Å²) >= 11 is 3.05. The first-order chi connectivity index (χ1) is 7.45. The summed E-state index contributed by atoms with van der Waals surface area (Å²) in [5.74, 6) is -2.48. The molecule has 1 aromatic rings. The van der Waals surface area contributed by atoms with E-state index in [1.54, 1.807) is 0 Å². The second-order valence-corrected chi connectivity index (χ2v) is 4.03. The van der Waals surface area contributed by atoms with E-state index in [0.717, 1.165) is 12.1 Å². The molecule has 1 atom stereocenters. The second kappa shape index (κ2) is 5.36. The first-order valence-corrected chi connectivity index (χ1v) is 5.21. The van der Waals surface area contributed by atoms with Gasteiger partial charge in [-0.15, -0.1) is 0 Å². The molecule has 0 amide bonds. The van der Waals surface area contributed by atoms with Gasteiger partial charge in [0, 0.05) is 10.5 Å². The van der Waals surface area contributed by atoms with Crippen LogP contribution < -0.4 is 5.73 Å². The van der Waals surface area contributed by atoms with Crippen molar-refractivity contribution in [2.45, 2.75) is 12.5 Å². The lowest BCUT2D eigenvalue weighted by Crippen LogP contribution is -2.17. The number of esters is 1. The fraction of sp³-hybridized carbons (Fsp3) is 0.300. The number of ether oxygens (including phenoxy) is 1. The van der Waals surface area contributed by atoms with Crippen LogP contribution in [0, 0.1) is 11.6 Å². The van der Waals surface area contributed by atoms with E-state index in [1.807, 2.05) is 0 Å². The molecule has 0 aliphatic carbocycles. The fourth-order valence-corrected chi connectivity index (χ4v) is 1.80. The second-order valence-electron chi connectivity index (χ2n) is 3.17. The van der Waals surface area contributed by atoms with E-state index >= 15 is 0 Å². The Morgan fingerprint density at radius 2 is 2.06 bits per heavy atom. The van der Waals surface area contributed by atoms with Crippen LogP contribution in [-0.4, -0.2) is 13.1 Å². The van der Waals surface area contributed by atoms with Crippen molar-refractivity contribution in [3.63, 3.8) is 0 Å². The van der Waals surface area contributed by atoms with Gasteiger partial charge in [-0.3, -0.25) is 4.79 Å². The lowest BCUT2D eigenvalue weighted by Gasteiger charge is -2.12. The Labute approximate surface area is 99.7 Å². The highest BCUT2D eigenvalue weighted by Crippen LogP contribution is 2.26. The third-order valence-electron chi connectivity index (χ3n) is 2.05. The van der Waals surface area contributed by atoms with Crippen molar-refractivity contribution < 1.29 is 18.3 Å². The molecule has 0 aliphatic heterocycles. The van der Waals surface area contributed by atoms with Crippen LogP contribution in [0.25, 0.3) is 0 Å². The maximum absolute atomic E-state index is 13.0. The highest BCUT2D eigenvalue weighted by molar-refractivity contribution is 9.10. The largest absolute Gasteiger partial charge is 0.469 e. The maximum Gasteiger partial charge on any atom is 0.307 e. The topological polar surface area (TPSA) is 52.3 Å². The quantitative estimate of drug-likeness (QED) is 0.687. The minimum Gasteiger partial charge on any atom is -0.469 e. The zero-order valence-electron chi connectivity index (χ0n) is 8.47. The molecule has 0 aromatic heterocycles. The van der Waals surface area contributed by atoms with E-state index in [9.17, 15) is 13.6 Å². The molecule has 0 saturated heterocycles. The van der Waals surface area contributed by atoms with Crippen molar-refractivity contribution >= 4 is 21.9 Å². The summed E-state index contributed by atoms with van der Waals surface area (Å²) in [6.07, 6.45) is -0.0971. The predicted octanol–water partition coefficient (Wildman–Crippen LogP) is 2.29. The number of carbonyl (C=O) groups excluding carboxylic acids is 1. The van der Waals surface area contributed by atoms with Crippen molar-refractivity contribution in [1.82, 2.24) is 0 Å². The normalized spacial score (nSPS) is 12.3. The van der Waals surface area contributed by atoms with Gasteiger partial charge >= 0.3 is 5.97 Å². The highest BCUT2D eigenvalue weighted by Gasteiger charge is 2.17. The highest BCUT2D eigenvalue weighted by atomic mass is 79.9. The van der Waals surface area contributed by atoms with E-state index in [0.29, 0.717) is 10.0 Å². The van der Waals surface area contributed by atoms with Crippen LogP contribution in [-0.2, 0) is 9.53 Å². The van der Waals surface area contributed by atoms with Gasteiger partial charge in [0.05, 0.1) is 13.5 Å². The van der Waals surface area contributed by atoms with Crippen molar-refractivity contribution in [3.8, 4) is 0 Å². The van der Waals surface area contributed by atoms with E-state index in [1.165, 1.54) is 7.11 Å². The first kappa shape index (κ1) is 13.1. The number of benzene rings is 1. The Morgan fingerprint density at radius 3 is 2.62 bits per heavy atom. The van der Waals surface area contributed by atoms with Gasteiger partial charge in [0.25, 0.3) is 0 Å². The first-order valence-electron chi connectivity index (χ1n) is 4.42. The predicted molar refractivity (Wildman–Crippen MR) is 57.6 cm³/mol. The summed E-state index contributed by atoms with van der Waals surface area (Å²) in [5.41, 5.74) is 5.99. The van der Waals surface area contributed by atoms with Crippen molar-refractivity contribution in [3.05, 3.63) is 33.8 Å². The molecule has 1 rings (SSSR count). The van der Waals surface area contributed by atoms with Gasteiger partial charge in [0.2, 0.25) is 0 Å². The van der Waals surface area contributed by atoms with Gasteiger partial charge in [0.1, 0.15) is 0 Å². The molecule has 0 fully saturated rings. The van der Waals surface area contributed by atoms with Crippen LogP contribution in [0.15, 0.2) is 16.6 Å². The minimum absolute atomic E-state index is 0.0971. The standard InChI is InChI=1S/C10H10BrF2NO2/c1-16-10(15)4-9(14)5-2-7(12)8(13)3-6(5)11/h2-3,9H,4,14H2,1H3/t9-/m0/s1. The number of carbonyl (C=O) groups is 1. The summed E-state index contributed by atoms with van der Waals surface area (Å²) in [5, 5.41) is 0. The van der Waals surface area contributed by atoms with Crippen LogP contribution in [0.1, 0.15) is 18.0 Å². The Bertz CT molecular complexity index is 412. The molecule has 6 heteroatoms. The van der Waals surface area contributed by atoms with Gasteiger partial charge in [-0.05, 0) is 17.7 Å². The van der Waals surface area contributed by atoms with E-state index < -0.39 is 23.6 Å². The maximum atomic E-state index is 13.0. The fourth-order valence-electron chi connectivity index (χ4n) is 1.19.